The van der Waals surface area contributed by atoms with Crippen LogP contribution in [0, 0.1) is 6.92 Å². The molecule has 0 unspecified atom stereocenters. The van der Waals surface area contributed by atoms with Gasteiger partial charge < -0.3 is 14.6 Å². The number of hydrogen-bond donors (Lipinski definition) is 1. The highest BCUT2D eigenvalue weighted by atomic mass is 16.5. The van der Waals surface area contributed by atoms with Gasteiger partial charge in [-0.05, 0) is 31.2 Å². The van der Waals surface area contributed by atoms with E-state index in [4.69, 9.17) is 4.74 Å². The molecular weight excluding hydrogens is 288 g/mol. The van der Waals surface area contributed by atoms with Gasteiger partial charge in [0.25, 0.3) is 0 Å². The molecule has 1 fully saturated rings. The van der Waals surface area contributed by atoms with Gasteiger partial charge in [-0.1, -0.05) is 6.07 Å². The van der Waals surface area contributed by atoms with E-state index >= 15 is 0 Å². The lowest BCUT2D eigenvalue weighted by molar-refractivity contribution is 0.173. The molecule has 5 heteroatoms. The van der Waals surface area contributed by atoms with Crippen molar-refractivity contribution in [3.05, 3.63) is 48.5 Å². The normalized spacial score (nSPS) is 16.0. The van der Waals surface area contributed by atoms with Gasteiger partial charge in [0, 0.05) is 49.2 Å². The van der Waals surface area contributed by atoms with Gasteiger partial charge in [0.05, 0.1) is 0 Å². The predicted molar refractivity (Wildman–Crippen MR) is 90.9 cm³/mol. The molecule has 0 bridgehead atoms. The summed E-state index contributed by atoms with van der Waals surface area (Å²) in [4.78, 5) is 14.2. The number of H-pyrrole nitrogens is 1. The summed E-state index contributed by atoms with van der Waals surface area (Å²) in [5, 5.41) is 1.15. The Morgan fingerprint density at radius 2 is 2.04 bits per heavy atom. The Morgan fingerprint density at radius 3 is 2.87 bits per heavy atom. The van der Waals surface area contributed by atoms with E-state index in [1.165, 1.54) is 0 Å². The minimum Gasteiger partial charge on any atom is -0.490 e. The molecule has 5 nitrogen and oxygen atoms in total. The zero-order chi connectivity index (χ0) is 15.6. The van der Waals surface area contributed by atoms with Gasteiger partial charge in [-0.2, -0.15) is 0 Å². The summed E-state index contributed by atoms with van der Waals surface area (Å²) in [5.74, 6) is 2.81. The summed E-state index contributed by atoms with van der Waals surface area (Å²) in [7, 11) is 0. The molecule has 0 amide bonds. The smallest absolute Gasteiger partial charge is 0.132 e. The fourth-order valence-electron chi connectivity index (χ4n) is 3.16. The Hall–Kier alpha value is -2.56. The molecule has 1 aliphatic rings. The number of aromatic amines is 1. The van der Waals surface area contributed by atoms with Crippen LogP contribution in [0.15, 0.2) is 42.7 Å². The average molecular weight is 308 g/mol. The van der Waals surface area contributed by atoms with Gasteiger partial charge >= 0.3 is 0 Å². The van der Waals surface area contributed by atoms with E-state index in [1.54, 1.807) is 0 Å². The maximum absolute atomic E-state index is 6.26. The van der Waals surface area contributed by atoms with Crippen LogP contribution in [-0.2, 0) is 0 Å². The molecule has 3 aromatic rings. The molecule has 0 radical (unpaired) electrons. The molecular formula is C18H20N4O. The molecule has 118 valence electrons. The highest BCUT2D eigenvalue weighted by molar-refractivity contribution is 5.85. The molecule has 1 aromatic carbocycles. The highest BCUT2D eigenvalue weighted by Crippen LogP contribution is 2.28. The lowest BCUT2D eigenvalue weighted by atomic mass is 10.1. The summed E-state index contributed by atoms with van der Waals surface area (Å²) in [6.45, 7) is 3.85. The molecule has 0 saturated carbocycles. The summed E-state index contributed by atoms with van der Waals surface area (Å²) in [5.41, 5.74) is 1.12. The van der Waals surface area contributed by atoms with Crippen LogP contribution in [0.25, 0.3) is 10.9 Å². The van der Waals surface area contributed by atoms with Gasteiger partial charge in [0.1, 0.15) is 23.5 Å². The Balaban J connectivity index is 1.43. The van der Waals surface area contributed by atoms with E-state index in [9.17, 15) is 0 Å². The number of benzene rings is 1. The fraction of sp³-hybridized carbons (Fsp3) is 0.333. The molecule has 4 rings (SSSR count). The first-order valence-electron chi connectivity index (χ1n) is 8.07. The monoisotopic (exact) mass is 308 g/mol. The van der Waals surface area contributed by atoms with E-state index in [2.05, 4.69) is 38.1 Å². The van der Waals surface area contributed by atoms with Crippen molar-refractivity contribution in [3.8, 4) is 5.75 Å². The second-order valence-electron chi connectivity index (χ2n) is 5.96. The SMILES string of the molecule is Cc1nccc(N2CCC(Oc3cccc4[nH]ccc34)CC2)n1. The Morgan fingerprint density at radius 1 is 1.17 bits per heavy atom. The van der Waals surface area contributed by atoms with Crippen molar-refractivity contribution < 1.29 is 4.74 Å². The number of hydrogen-bond acceptors (Lipinski definition) is 4. The summed E-state index contributed by atoms with van der Waals surface area (Å²) in [6.07, 6.45) is 6.05. The number of rotatable bonds is 3. The first kappa shape index (κ1) is 14.1. The van der Waals surface area contributed by atoms with E-state index < -0.39 is 0 Å². The summed E-state index contributed by atoms with van der Waals surface area (Å²) < 4.78 is 6.26. The number of aryl methyl sites for hydroxylation is 1. The number of ether oxygens (including phenoxy) is 1. The van der Waals surface area contributed by atoms with Crippen LogP contribution in [0.2, 0.25) is 0 Å². The van der Waals surface area contributed by atoms with Crippen molar-refractivity contribution in [1.82, 2.24) is 15.0 Å². The van der Waals surface area contributed by atoms with Gasteiger partial charge in [0.15, 0.2) is 0 Å². The summed E-state index contributed by atoms with van der Waals surface area (Å²) >= 11 is 0. The van der Waals surface area contributed by atoms with E-state index in [-0.39, 0.29) is 6.10 Å². The lowest BCUT2D eigenvalue weighted by Gasteiger charge is -2.33. The van der Waals surface area contributed by atoms with Gasteiger partial charge in [-0.3, -0.25) is 0 Å². The first-order valence-corrected chi connectivity index (χ1v) is 8.07. The van der Waals surface area contributed by atoms with Gasteiger partial charge in [-0.25, -0.2) is 9.97 Å². The topological polar surface area (TPSA) is 54.0 Å². The molecule has 0 aliphatic carbocycles. The minimum atomic E-state index is 0.259. The van der Waals surface area contributed by atoms with Crippen molar-refractivity contribution in [2.45, 2.75) is 25.9 Å². The van der Waals surface area contributed by atoms with Gasteiger partial charge in [0.2, 0.25) is 0 Å². The number of fused-ring (bicyclic) bond motifs is 1. The van der Waals surface area contributed by atoms with Crippen molar-refractivity contribution in [1.29, 1.82) is 0 Å². The molecule has 3 heterocycles. The van der Waals surface area contributed by atoms with Crippen molar-refractivity contribution in [2.75, 3.05) is 18.0 Å². The maximum Gasteiger partial charge on any atom is 0.132 e. The quantitative estimate of drug-likeness (QED) is 0.806. The largest absolute Gasteiger partial charge is 0.490 e. The zero-order valence-electron chi connectivity index (χ0n) is 13.2. The fourth-order valence-corrected chi connectivity index (χ4v) is 3.16. The second kappa shape index (κ2) is 5.91. The van der Waals surface area contributed by atoms with E-state index in [0.717, 1.165) is 54.2 Å². The van der Waals surface area contributed by atoms with Crippen LogP contribution in [0.1, 0.15) is 18.7 Å². The van der Waals surface area contributed by atoms with E-state index in [0.29, 0.717) is 0 Å². The number of anilines is 1. The Kier molecular flexibility index (Phi) is 3.61. The third-order valence-corrected chi connectivity index (χ3v) is 4.38. The van der Waals surface area contributed by atoms with Crippen molar-refractivity contribution in [2.24, 2.45) is 0 Å². The average Bonchev–Trinajstić information content (AvgIpc) is 3.05. The van der Waals surface area contributed by atoms with Gasteiger partial charge in [-0.15, -0.1) is 0 Å². The molecule has 1 aliphatic heterocycles. The number of aromatic nitrogens is 3. The van der Waals surface area contributed by atoms with Crippen molar-refractivity contribution >= 4 is 16.7 Å². The lowest BCUT2D eigenvalue weighted by Crippen LogP contribution is -2.38. The minimum absolute atomic E-state index is 0.259. The Bertz CT molecular complexity index is 805. The van der Waals surface area contributed by atoms with Crippen LogP contribution in [0.5, 0.6) is 5.75 Å². The Labute approximate surface area is 135 Å². The van der Waals surface area contributed by atoms with Crippen LogP contribution in [0.3, 0.4) is 0 Å². The molecule has 23 heavy (non-hydrogen) atoms. The second-order valence-corrected chi connectivity index (χ2v) is 5.96. The number of nitrogens with zero attached hydrogens (tertiary/aromatic N) is 3. The van der Waals surface area contributed by atoms with E-state index in [1.807, 2.05) is 31.5 Å². The van der Waals surface area contributed by atoms with Crippen LogP contribution >= 0.6 is 0 Å². The highest BCUT2D eigenvalue weighted by Gasteiger charge is 2.22. The van der Waals surface area contributed by atoms with Crippen molar-refractivity contribution in [3.63, 3.8) is 0 Å². The number of piperidine rings is 1. The van der Waals surface area contributed by atoms with Crippen LogP contribution in [-0.4, -0.2) is 34.1 Å². The molecule has 1 saturated heterocycles. The van der Waals surface area contributed by atoms with Crippen LogP contribution < -0.4 is 9.64 Å². The predicted octanol–water partition coefficient (Wildman–Crippen LogP) is 3.31. The molecule has 1 N–H and O–H groups in total. The first-order chi connectivity index (χ1) is 11.3. The standard InChI is InChI=1S/C18H20N4O/c1-13-19-10-6-18(21-13)22-11-7-14(8-12-22)23-17-4-2-3-16-15(17)5-9-20-16/h2-6,9-10,14,20H,7-8,11-12H2,1H3. The third kappa shape index (κ3) is 2.86. The van der Waals surface area contributed by atoms with Crippen LogP contribution in [0.4, 0.5) is 5.82 Å². The third-order valence-electron chi connectivity index (χ3n) is 4.38. The molecule has 0 atom stereocenters. The number of nitrogens with one attached hydrogen (secondary N) is 1. The molecule has 2 aromatic heterocycles. The molecule has 0 spiro atoms. The summed E-state index contributed by atoms with van der Waals surface area (Å²) in [6, 6.07) is 10.2. The maximum atomic E-state index is 6.26. The zero-order valence-corrected chi connectivity index (χ0v) is 13.2.